The third-order valence-corrected chi connectivity index (χ3v) is 9.18. The number of rotatable bonds is 12. The first-order chi connectivity index (χ1) is 20.1. The molecule has 1 atom stereocenters. The van der Waals surface area contributed by atoms with Crippen molar-refractivity contribution in [3.63, 3.8) is 0 Å². The largest absolute Gasteiger partial charge is 0.486 e. The summed E-state index contributed by atoms with van der Waals surface area (Å²) in [6.45, 7) is 0.553. The van der Waals surface area contributed by atoms with E-state index in [0.29, 0.717) is 0 Å². The van der Waals surface area contributed by atoms with Gasteiger partial charge in [-0.15, -0.1) is 0 Å². The van der Waals surface area contributed by atoms with Crippen molar-refractivity contribution in [3.05, 3.63) is 57.8 Å². The summed E-state index contributed by atoms with van der Waals surface area (Å²) >= 11 is -0.244. The lowest BCUT2D eigenvalue weighted by atomic mass is 10.0. The number of halogens is 7. The number of benzene rings is 3. The number of ether oxygens (including phenoxy) is 2. The molecular formula is C24H12BrF6N3O3S5. The molecule has 0 aromatic heterocycles. The molecular weight excluding hydrogens is 733 g/mol. The minimum atomic E-state index is -1.94. The van der Waals surface area contributed by atoms with Crippen molar-refractivity contribution in [1.29, 1.82) is 10.5 Å². The van der Waals surface area contributed by atoms with Crippen LogP contribution in [0, 0.1) is 28.5 Å². The van der Waals surface area contributed by atoms with Gasteiger partial charge in [-0.25, -0.2) is 4.39 Å². The van der Waals surface area contributed by atoms with Crippen molar-refractivity contribution in [2.75, 3.05) is 6.61 Å². The Bertz CT molecular complexity index is 1560. The molecule has 0 aliphatic rings. The van der Waals surface area contributed by atoms with E-state index >= 15 is 0 Å². The van der Waals surface area contributed by atoms with Crippen LogP contribution < -0.4 is 14.8 Å². The predicted octanol–water partition coefficient (Wildman–Crippen LogP) is 10.2. The molecule has 6 nitrogen and oxygen atoms in total. The van der Waals surface area contributed by atoms with Gasteiger partial charge in [-0.05, 0) is 53.2 Å². The molecule has 0 aliphatic carbocycles. The van der Waals surface area contributed by atoms with Crippen molar-refractivity contribution in [2.45, 2.75) is 36.9 Å². The molecule has 18 heteroatoms. The van der Waals surface area contributed by atoms with Gasteiger partial charge in [0.1, 0.15) is 18.2 Å². The summed E-state index contributed by atoms with van der Waals surface area (Å²) in [5.74, 6) is -1.72. The Morgan fingerprint density at radius 1 is 0.881 bits per heavy atom. The van der Waals surface area contributed by atoms with Gasteiger partial charge in [0.2, 0.25) is 0 Å². The highest BCUT2D eigenvalue weighted by Gasteiger charge is 2.35. The Labute approximate surface area is 265 Å². The van der Waals surface area contributed by atoms with E-state index in [1.165, 1.54) is 31.2 Å². The van der Waals surface area contributed by atoms with E-state index in [1.807, 2.05) is 6.07 Å². The lowest BCUT2D eigenvalue weighted by Gasteiger charge is -2.25. The van der Waals surface area contributed by atoms with Gasteiger partial charge in [0.05, 0.1) is 113 Å². The smallest absolute Gasteiger partial charge is 0.255 e. The molecule has 3 rings (SSSR count). The van der Waals surface area contributed by atoms with Gasteiger partial charge >= 0.3 is 0 Å². The Morgan fingerprint density at radius 2 is 1.43 bits per heavy atom. The van der Waals surface area contributed by atoms with Crippen LogP contribution >= 0.6 is 76.7 Å². The van der Waals surface area contributed by atoms with Crippen molar-refractivity contribution >= 4 is 82.6 Å². The van der Waals surface area contributed by atoms with Crippen LogP contribution in [0.3, 0.4) is 0 Å². The van der Waals surface area contributed by atoms with Crippen molar-refractivity contribution < 1.29 is 38.1 Å². The quantitative estimate of drug-likeness (QED) is 0.181. The fourth-order valence-electron chi connectivity index (χ4n) is 3.29. The van der Waals surface area contributed by atoms with Crippen LogP contribution in [0.2, 0.25) is 0 Å². The molecule has 3 aromatic rings. The number of nitrogens with zero attached hydrogens (tertiary/aromatic N) is 2. The molecule has 1 N–H and O–H groups in total. The van der Waals surface area contributed by atoms with Crippen LogP contribution in [0.1, 0.15) is 22.8 Å². The molecule has 0 radical (unpaired) electrons. The van der Waals surface area contributed by atoms with E-state index in [4.69, 9.17) is 9.47 Å². The van der Waals surface area contributed by atoms with E-state index in [2.05, 4.69) is 21.2 Å². The Hall–Kier alpha value is -2.48. The van der Waals surface area contributed by atoms with Gasteiger partial charge in [0.15, 0.2) is 17.0 Å². The summed E-state index contributed by atoms with van der Waals surface area (Å²) in [4.78, 5) is 9.23. The predicted molar refractivity (Wildman–Crippen MR) is 154 cm³/mol. The minimum Gasteiger partial charge on any atom is -0.486 e. The van der Waals surface area contributed by atoms with Gasteiger partial charge < -0.3 is 14.8 Å². The third kappa shape index (κ3) is 7.53. The molecule has 3 aromatic carbocycles. The maximum absolute atomic E-state index is 13.9. The fraction of sp³-hybridized carbons (Fsp3) is 0.125. The first kappa shape index (κ1) is 34.0. The Balaban J connectivity index is 1.97. The summed E-state index contributed by atoms with van der Waals surface area (Å²) in [5, 5.41) is 21.4. The first-order valence-corrected chi connectivity index (χ1v) is 15.2. The van der Waals surface area contributed by atoms with Gasteiger partial charge in [0.25, 0.3) is 5.91 Å². The minimum absolute atomic E-state index is 0.0358. The number of carbonyl (C=O) groups is 1. The number of hydrogen-bond donors (Lipinski definition) is 1. The van der Waals surface area contributed by atoms with Crippen LogP contribution in [0.25, 0.3) is 0 Å². The molecule has 0 spiro atoms. The van der Waals surface area contributed by atoms with Crippen molar-refractivity contribution in [1.82, 2.24) is 5.32 Å². The second-order valence-electron chi connectivity index (χ2n) is 8.04. The molecule has 0 fully saturated rings. The average Bonchev–Trinajstić information content (AvgIpc) is 2.99. The van der Waals surface area contributed by atoms with Gasteiger partial charge in [-0.3, -0.25) is 4.79 Å². The highest BCUT2D eigenvalue weighted by Crippen LogP contribution is 2.52. The SMILES string of the molecule is C[C@](C#N)(COc1cc(C#N)ccc1Oc1ccc(F)cc1Br)NC(=O)c1c(SF)c(SF)c(SF)c(SF)c1SF. The highest BCUT2D eigenvalue weighted by molar-refractivity contribution is 9.10. The standard InChI is InChI=1S/C24H12BrF6N3O3S5/c1-24(9-33,34-23(35)17-18(38-27)20(40-29)22(42-31)21(41-30)19(17)39-28)10-36-16-6-11(8-32)2-4-15(16)37-14-5-3-12(26)7-13(14)25/h2-7H,10H2,1H3,(H,34,35)/t24-/m0/s1. The van der Waals surface area contributed by atoms with E-state index in [-0.39, 0.29) is 27.3 Å². The Kier molecular flexibility index (Phi) is 12.4. The maximum atomic E-state index is 13.9. The van der Waals surface area contributed by atoms with E-state index in [9.17, 15) is 39.1 Å². The zero-order valence-electron chi connectivity index (χ0n) is 20.5. The maximum Gasteiger partial charge on any atom is 0.255 e. The number of amides is 1. The third-order valence-electron chi connectivity index (χ3n) is 5.23. The summed E-state index contributed by atoms with van der Waals surface area (Å²) in [6, 6.07) is 11.3. The number of nitriles is 2. The monoisotopic (exact) mass is 743 g/mol. The Morgan fingerprint density at radius 3 is 1.93 bits per heavy atom. The van der Waals surface area contributed by atoms with Gasteiger partial charge in [-0.2, -0.15) is 30.0 Å². The summed E-state index contributed by atoms with van der Waals surface area (Å²) in [7, 11) is 0. The number of carbonyl (C=O) groups excluding carboxylic acids is 1. The van der Waals surface area contributed by atoms with Crippen LogP contribution in [0.4, 0.5) is 23.8 Å². The zero-order chi connectivity index (χ0) is 31.0. The zero-order valence-corrected chi connectivity index (χ0v) is 26.1. The summed E-state index contributed by atoms with van der Waals surface area (Å²) < 4.78 is 94.0. The lowest BCUT2D eigenvalue weighted by Crippen LogP contribution is -2.49. The normalized spacial score (nSPS) is 12.1. The van der Waals surface area contributed by atoms with Crippen molar-refractivity contribution in [3.8, 4) is 29.4 Å². The number of hydrogen-bond acceptors (Lipinski definition) is 10. The van der Waals surface area contributed by atoms with E-state index < -0.39 is 115 Å². The summed E-state index contributed by atoms with van der Waals surface area (Å²) in [5.41, 5.74) is -2.68. The molecule has 220 valence electrons. The summed E-state index contributed by atoms with van der Waals surface area (Å²) in [6.07, 6.45) is 0. The fourth-order valence-corrected chi connectivity index (χ4v) is 6.65. The molecule has 0 bridgehead atoms. The van der Waals surface area contributed by atoms with Crippen LogP contribution in [0.5, 0.6) is 17.2 Å². The molecule has 42 heavy (non-hydrogen) atoms. The molecule has 0 heterocycles. The van der Waals surface area contributed by atoms with E-state index in [0.717, 1.165) is 12.1 Å². The molecule has 0 unspecified atom stereocenters. The van der Waals surface area contributed by atoms with E-state index in [1.54, 1.807) is 6.07 Å². The molecule has 1 amide bonds. The first-order valence-electron chi connectivity index (χ1n) is 10.8. The molecule has 0 saturated heterocycles. The topological polar surface area (TPSA) is 95.1 Å². The van der Waals surface area contributed by atoms with Gasteiger partial charge in [0, 0.05) is 6.07 Å². The highest BCUT2D eigenvalue weighted by atomic mass is 79.9. The second kappa shape index (κ2) is 15.3. The van der Waals surface area contributed by atoms with Crippen molar-refractivity contribution in [2.24, 2.45) is 0 Å². The second-order valence-corrected chi connectivity index (χ2v) is 11.7. The van der Waals surface area contributed by atoms with Gasteiger partial charge in [-0.1, -0.05) is 0 Å². The van der Waals surface area contributed by atoms with Crippen LogP contribution in [0.15, 0.2) is 65.3 Å². The number of nitrogens with one attached hydrogen (secondary N) is 1. The van der Waals surface area contributed by atoms with Crippen LogP contribution in [-0.2, 0) is 0 Å². The average molecular weight is 745 g/mol. The molecule has 0 aliphatic heterocycles. The van der Waals surface area contributed by atoms with Crippen LogP contribution in [-0.4, -0.2) is 18.1 Å². The molecule has 0 saturated carbocycles. The lowest BCUT2D eigenvalue weighted by molar-refractivity contribution is 0.0892.